The SMILES string of the molecule is C[C@@H](OC(=O)CCNC(N)=O)C(=O)Nc1ccc(F)cc1F. The summed E-state index contributed by atoms with van der Waals surface area (Å²) in [5, 5.41) is 4.35. The van der Waals surface area contributed by atoms with E-state index >= 15 is 0 Å². The van der Waals surface area contributed by atoms with Crippen molar-refractivity contribution in [2.45, 2.75) is 19.4 Å². The van der Waals surface area contributed by atoms with Crippen LogP contribution in [0.2, 0.25) is 0 Å². The molecular weight excluding hydrogens is 300 g/mol. The van der Waals surface area contributed by atoms with Crippen LogP contribution < -0.4 is 16.4 Å². The van der Waals surface area contributed by atoms with Crippen molar-refractivity contribution < 1.29 is 27.9 Å². The molecule has 0 aliphatic heterocycles. The van der Waals surface area contributed by atoms with Crippen LogP contribution in [0.3, 0.4) is 0 Å². The van der Waals surface area contributed by atoms with E-state index in [4.69, 9.17) is 10.5 Å². The summed E-state index contributed by atoms with van der Waals surface area (Å²) in [5.74, 6) is -3.24. The van der Waals surface area contributed by atoms with Crippen molar-refractivity contribution in [3.05, 3.63) is 29.8 Å². The fourth-order valence-electron chi connectivity index (χ4n) is 1.42. The number of rotatable bonds is 6. The summed E-state index contributed by atoms with van der Waals surface area (Å²) in [4.78, 5) is 33.5. The number of ether oxygens (including phenoxy) is 1. The molecule has 0 saturated heterocycles. The summed E-state index contributed by atoms with van der Waals surface area (Å²) in [5.41, 5.74) is 4.58. The molecule has 3 amide bonds. The number of carbonyl (C=O) groups excluding carboxylic acids is 3. The van der Waals surface area contributed by atoms with Crippen LogP contribution in [0.5, 0.6) is 0 Å². The molecule has 0 fully saturated rings. The Morgan fingerprint density at radius 1 is 1.32 bits per heavy atom. The lowest BCUT2D eigenvalue weighted by molar-refractivity contribution is -0.153. The molecule has 0 heterocycles. The van der Waals surface area contributed by atoms with Gasteiger partial charge in [-0.3, -0.25) is 9.59 Å². The number of carbonyl (C=O) groups is 3. The molecule has 1 aromatic rings. The van der Waals surface area contributed by atoms with Crippen LogP contribution in [0.25, 0.3) is 0 Å². The van der Waals surface area contributed by atoms with Crippen molar-refractivity contribution in [1.29, 1.82) is 0 Å². The molecule has 0 radical (unpaired) electrons. The van der Waals surface area contributed by atoms with E-state index < -0.39 is 35.6 Å². The van der Waals surface area contributed by atoms with Crippen LogP contribution in [0.15, 0.2) is 18.2 Å². The maximum absolute atomic E-state index is 13.4. The predicted molar refractivity (Wildman–Crippen MR) is 72.7 cm³/mol. The number of nitrogens with two attached hydrogens (primary N) is 1. The molecule has 120 valence electrons. The van der Waals surface area contributed by atoms with Crippen LogP contribution >= 0.6 is 0 Å². The van der Waals surface area contributed by atoms with E-state index in [9.17, 15) is 23.2 Å². The minimum absolute atomic E-state index is 0.0326. The quantitative estimate of drug-likeness (QED) is 0.677. The number of nitrogens with one attached hydrogen (secondary N) is 2. The summed E-state index contributed by atoms with van der Waals surface area (Å²) in [6, 6.07) is 1.85. The van der Waals surface area contributed by atoms with E-state index in [0.717, 1.165) is 12.1 Å². The fraction of sp³-hybridized carbons (Fsp3) is 0.308. The zero-order valence-electron chi connectivity index (χ0n) is 11.7. The second kappa shape index (κ2) is 7.91. The highest BCUT2D eigenvalue weighted by molar-refractivity contribution is 5.95. The summed E-state index contributed by atoms with van der Waals surface area (Å²) < 4.78 is 30.9. The average molecular weight is 315 g/mol. The van der Waals surface area contributed by atoms with Gasteiger partial charge in [0.1, 0.15) is 11.6 Å². The van der Waals surface area contributed by atoms with Crippen molar-refractivity contribution in [1.82, 2.24) is 5.32 Å². The van der Waals surface area contributed by atoms with Gasteiger partial charge in [-0.15, -0.1) is 0 Å². The Kier molecular flexibility index (Phi) is 6.24. The number of esters is 1. The molecule has 1 atom stereocenters. The summed E-state index contributed by atoms with van der Waals surface area (Å²) >= 11 is 0. The van der Waals surface area contributed by atoms with Crippen molar-refractivity contribution in [2.24, 2.45) is 5.73 Å². The van der Waals surface area contributed by atoms with Gasteiger partial charge < -0.3 is 21.1 Å². The van der Waals surface area contributed by atoms with Gasteiger partial charge in [-0.1, -0.05) is 0 Å². The molecule has 4 N–H and O–H groups in total. The largest absolute Gasteiger partial charge is 0.452 e. The molecule has 0 aliphatic rings. The normalized spacial score (nSPS) is 11.4. The number of urea groups is 1. The number of amides is 3. The molecule has 9 heteroatoms. The van der Waals surface area contributed by atoms with Gasteiger partial charge in [-0.2, -0.15) is 0 Å². The topological polar surface area (TPSA) is 111 Å². The first-order valence-corrected chi connectivity index (χ1v) is 6.28. The highest BCUT2D eigenvalue weighted by Crippen LogP contribution is 2.15. The molecular formula is C13H15F2N3O4. The van der Waals surface area contributed by atoms with Crippen LogP contribution in [0.1, 0.15) is 13.3 Å². The van der Waals surface area contributed by atoms with E-state index in [-0.39, 0.29) is 18.7 Å². The standard InChI is InChI=1S/C13H15F2N3O4/c1-7(22-11(19)4-5-17-13(16)21)12(20)18-10-3-2-8(14)6-9(10)15/h2-3,6-7H,4-5H2,1H3,(H,18,20)(H3,16,17,21)/t7-/m1/s1. The fourth-order valence-corrected chi connectivity index (χ4v) is 1.42. The highest BCUT2D eigenvalue weighted by Gasteiger charge is 2.19. The Hall–Kier alpha value is -2.71. The summed E-state index contributed by atoms with van der Waals surface area (Å²) in [6.07, 6.45) is -1.36. The maximum atomic E-state index is 13.4. The minimum atomic E-state index is -1.19. The average Bonchev–Trinajstić information content (AvgIpc) is 2.41. The minimum Gasteiger partial charge on any atom is -0.452 e. The Morgan fingerprint density at radius 2 is 2.00 bits per heavy atom. The highest BCUT2D eigenvalue weighted by atomic mass is 19.1. The van der Waals surface area contributed by atoms with Crippen LogP contribution in [-0.2, 0) is 14.3 Å². The lowest BCUT2D eigenvalue weighted by Gasteiger charge is -2.14. The zero-order chi connectivity index (χ0) is 16.7. The number of hydrogen-bond donors (Lipinski definition) is 3. The molecule has 0 aromatic heterocycles. The lowest BCUT2D eigenvalue weighted by Crippen LogP contribution is -2.33. The van der Waals surface area contributed by atoms with Gasteiger partial charge in [-0.05, 0) is 19.1 Å². The van der Waals surface area contributed by atoms with Crippen molar-refractivity contribution in [2.75, 3.05) is 11.9 Å². The van der Waals surface area contributed by atoms with E-state index in [1.165, 1.54) is 6.92 Å². The van der Waals surface area contributed by atoms with Gasteiger partial charge in [0, 0.05) is 12.6 Å². The third-order valence-corrected chi connectivity index (χ3v) is 2.49. The van der Waals surface area contributed by atoms with E-state index in [1.54, 1.807) is 0 Å². The monoisotopic (exact) mass is 315 g/mol. The molecule has 7 nitrogen and oxygen atoms in total. The van der Waals surface area contributed by atoms with Crippen LogP contribution in [0, 0.1) is 11.6 Å². The first kappa shape index (κ1) is 17.3. The molecule has 1 aromatic carbocycles. The maximum Gasteiger partial charge on any atom is 0.312 e. The second-order valence-corrected chi connectivity index (χ2v) is 4.29. The first-order chi connectivity index (χ1) is 10.3. The molecule has 22 heavy (non-hydrogen) atoms. The van der Waals surface area contributed by atoms with Crippen LogP contribution in [0.4, 0.5) is 19.3 Å². The first-order valence-electron chi connectivity index (χ1n) is 6.28. The van der Waals surface area contributed by atoms with Gasteiger partial charge in [0.25, 0.3) is 5.91 Å². The van der Waals surface area contributed by atoms with Crippen molar-refractivity contribution in [3.63, 3.8) is 0 Å². The number of benzene rings is 1. The summed E-state index contributed by atoms with van der Waals surface area (Å²) in [7, 11) is 0. The van der Waals surface area contributed by atoms with Gasteiger partial charge in [0.2, 0.25) is 0 Å². The number of anilines is 1. The van der Waals surface area contributed by atoms with Gasteiger partial charge >= 0.3 is 12.0 Å². The Morgan fingerprint density at radius 3 is 2.59 bits per heavy atom. The Balaban J connectivity index is 2.47. The third-order valence-electron chi connectivity index (χ3n) is 2.49. The predicted octanol–water partition coefficient (Wildman–Crippen LogP) is 0.893. The van der Waals surface area contributed by atoms with E-state index in [0.29, 0.717) is 6.07 Å². The van der Waals surface area contributed by atoms with Gasteiger partial charge in [-0.25, -0.2) is 13.6 Å². The number of primary amides is 1. The third kappa shape index (κ3) is 5.73. The van der Waals surface area contributed by atoms with Gasteiger partial charge in [0.15, 0.2) is 6.10 Å². The molecule has 0 unspecified atom stereocenters. The van der Waals surface area contributed by atoms with E-state index in [2.05, 4.69) is 10.6 Å². The Bertz CT molecular complexity index is 580. The van der Waals surface area contributed by atoms with Crippen molar-refractivity contribution >= 4 is 23.6 Å². The Labute approximate surface area is 124 Å². The lowest BCUT2D eigenvalue weighted by atomic mass is 10.2. The number of halogens is 2. The van der Waals surface area contributed by atoms with Gasteiger partial charge in [0.05, 0.1) is 12.1 Å². The molecule has 0 bridgehead atoms. The van der Waals surface area contributed by atoms with Crippen LogP contribution in [-0.4, -0.2) is 30.6 Å². The van der Waals surface area contributed by atoms with E-state index in [1.807, 2.05) is 0 Å². The summed E-state index contributed by atoms with van der Waals surface area (Å²) in [6.45, 7) is 1.26. The van der Waals surface area contributed by atoms with Crippen molar-refractivity contribution in [3.8, 4) is 0 Å². The smallest absolute Gasteiger partial charge is 0.312 e. The molecule has 0 aliphatic carbocycles. The second-order valence-electron chi connectivity index (χ2n) is 4.29. The molecule has 0 saturated carbocycles. The molecule has 1 rings (SSSR count). The number of hydrogen-bond acceptors (Lipinski definition) is 4. The zero-order valence-corrected chi connectivity index (χ0v) is 11.7. The molecule has 0 spiro atoms.